The summed E-state index contributed by atoms with van der Waals surface area (Å²) in [4.78, 5) is 0. The quantitative estimate of drug-likeness (QED) is 0.666. The fraction of sp³-hybridized carbons (Fsp3) is 0. The average molecular weight is 222 g/mol. The highest BCUT2D eigenvalue weighted by Gasteiger charge is 1.99. The summed E-state index contributed by atoms with van der Waals surface area (Å²) in [5, 5.41) is 9.77. The van der Waals surface area contributed by atoms with Crippen LogP contribution in [-0.2, 0) is 0 Å². The van der Waals surface area contributed by atoms with Crippen molar-refractivity contribution in [1.82, 2.24) is 10.2 Å². The number of fused-ring (bicyclic) bond motifs is 1. The first kappa shape index (κ1) is 9.78. The maximum absolute atomic E-state index is 5.74. The van der Waals surface area contributed by atoms with Crippen molar-refractivity contribution in [1.29, 1.82) is 0 Å². The smallest absolute Gasteiger partial charge is 0.128 e. The summed E-state index contributed by atoms with van der Waals surface area (Å²) in [6.07, 6.45) is 3.47. The van der Waals surface area contributed by atoms with Gasteiger partial charge in [0.15, 0.2) is 0 Å². The second kappa shape index (κ2) is 4.22. The van der Waals surface area contributed by atoms with Crippen molar-refractivity contribution in [3.63, 3.8) is 0 Å². The predicted molar refractivity (Wildman–Crippen MR) is 66.1 cm³/mol. The van der Waals surface area contributed by atoms with Crippen LogP contribution in [0.1, 0.15) is 0 Å². The van der Waals surface area contributed by atoms with Gasteiger partial charge in [0, 0.05) is 10.8 Å². The molecule has 0 atom stereocenters. The molecule has 3 rings (SSSR count). The molecule has 0 spiro atoms. The zero-order chi connectivity index (χ0) is 11.5. The van der Waals surface area contributed by atoms with Crippen molar-refractivity contribution in [3.05, 3.63) is 60.9 Å². The molecule has 0 unspecified atom stereocenters. The van der Waals surface area contributed by atoms with Gasteiger partial charge in [-0.3, -0.25) is 0 Å². The van der Waals surface area contributed by atoms with E-state index in [9.17, 15) is 0 Å². The van der Waals surface area contributed by atoms with Gasteiger partial charge >= 0.3 is 0 Å². The number of benzene rings is 2. The van der Waals surface area contributed by atoms with E-state index in [1.54, 1.807) is 12.4 Å². The summed E-state index contributed by atoms with van der Waals surface area (Å²) in [5.41, 5.74) is 0. The summed E-state index contributed by atoms with van der Waals surface area (Å²) in [6, 6.07) is 15.6. The first-order valence-corrected chi connectivity index (χ1v) is 5.35. The Morgan fingerprint density at radius 1 is 0.706 bits per heavy atom. The van der Waals surface area contributed by atoms with Crippen molar-refractivity contribution in [3.8, 4) is 11.5 Å². The van der Waals surface area contributed by atoms with E-state index in [0.717, 1.165) is 22.3 Å². The molecule has 0 N–H and O–H groups in total. The number of aromatic nitrogens is 2. The third kappa shape index (κ3) is 2.08. The van der Waals surface area contributed by atoms with Crippen molar-refractivity contribution < 1.29 is 4.74 Å². The molecule has 0 amide bonds. The van der Waals surface area contributed by atoms with Gasteiger partial charge in [-0.25, -0.2) is 0 Å². The van der Waals surface area contributed by atoms with Crippen molar-refractivity contribution in [2.45, 2.75) is 0 Å². The van der Waals surface area contributed by atoms with E-state index in [1.807, 2.05) is 48.5 Å². The third-order valence-electron chi connectivity index (χ3n) is 2.50. The van der Waals surface area contributed by atoms with Gasteiger partial charge in [0.05, 0.1) is 12.4 Å². The Bertz CT molecular complexity index is 638. The topological polar surface area (TPSA) is 35.0 Å². The zero-order valence-electron chi connectivity index (χ0n) is 9.08. The van der Waals surface area contributed by atoms with E-state index in [4.69, 9.17) is 4.74 Å². The Balaban J connectivity index is 1.96. The molecule has 0 saturated heterocycles. The zero-order valence-corrected chi connectivity index (χ0v) is 9.08. The molecule has 0 fully saturated rings. The molecule has 1 aromatic heterocycles. The first-order valence-electron chi connectivity index (χ1n) is 5.35. The van der Waals surface area contributed by atoms with Crippen molar-refractivity contribution in [2.24, 2.45) is 0 Å². The van der Waals surface area contributed by atoms with Crippen LogP contribution in [0, 0.1) is 0 Å². The van der Waals surface area contributed by atoms with Gasteiger partial charge in [0.2, 0.25) is 0 Å². The fourth-order valence-corrected chi connectivity index (χ4v) is 1.66. The second-order valence-electron chi connectivity index (χ2n) is 3.69. The minimum Gasteiger partial charge on any atom is -0.457 e. The molecule has 0 radical (unpaired) electrons. The Kier molecular flexibility index (Phi) is 2.43. The number of ether oxygens (including phenoxy) is 1. The van der Waals surface area contributed by atoms with Gasteiger partial charge in [-0.15, -0.1) is 0 Å². The number of hydrogen-bond donors (Lipinski definition) is 0. The van der Waals surface area contributed by atoms with Gasteiger partial charge in [-0.05, 0) is 30.3 Å². The lowest BCUT2D eigenvalue weighted by Crippen LogP contribution is -1.85. The van der Waals surface area contributed by atoms with Crippen LogP contribution in [0.5, 0.6) is 11.5 Å². The number of nitrogens with zero attached hydrogens (tertiary/aromatic N) is 2. The van der Waals surface area contributed by atoms with E-state index < -0.39 is 0 Å². The highest BCUT2D eigenvalue weighted by molar-refractivity contribution is 5.82. The molecule has 17 heavy (non-hydrogen) atoms. The maximum Gasteiger partial charge on any atom is 0.128 e. The lowest BCUT2D eigenvalue weighted by molar-refractivity contribution is 0.483. The normalized spacial score (nSPS) is 10.4. The predicted octanol–water partition coefficient (Wildman–Crippen LogP) is 3.42. The van der Waals surface area contributed by atoms with E-state index >= 15 is 0 Å². The van der Waals surface area contributed by atoms with Crippen LogP contribution in [0.4, 0.5) is 0 Å². The highest BCUT2D eigenvalue weighted by atomic mass is 16.5. The van der Waals surface area contributed by atoms with Crippen molar-refractivity contribution in [2.75, 3.05) is 0 Å². The molecule has 1 heterocycles. The monoisotopic (exact) mass is 222 g/mol. The van der Waals surface area contributed by atoms with Gasteiger partial charge < -0.3 is 4.74 Å². The Morgan fingerprint density at radius 2 is 1.47 bits per heavy atom. The Labute approximate surface area is 98.7 Å². The number of para-hydroxylation sites is 1. The summed E-state index contributed by atoms with van der Waals surface area (Å²) in [7, 11) is 0. The van der Waals surface area contributed by atoms with Crippen LogP contribution in [0.2, 0.25) is 0 Å². The molecule has 0 bridgehead atoms. The molecule has 0 aliphatic rings. The van der Waals surface area contributed by atoms with Crippen LogP contribution in [0.25, 0.3) is 10.8 Å². The summed E-state index contributed by atoms with van der Waals surface area (Å²) >= 11 is 0. The molecule has 0 saturated carbocycles. The largest absolute Gasteiger partial charge is 0.457 e. The number of rotatable bonds is 2. The van der Waals surface area contributed by atoms with E-state index in [-0.39, 0.29) is 0 Å². The SMILES string of the molecule is c1ccc(Oc2ccc3cnncc3c2)cc1. The molecule has 0 aliphatic heterocycles. The maximum atomic E-state index is 5.74. The van der Waals surface area contributed by atoms with Crippen LogP contribution < -0.4 is 4.74 Å². The molecular formula is C14H10N2O. The Morgan fingerprint density at radius 3 is 2.29 bits per heavy atom. The lowest BCUT2D eigenvalue weighted by atomic mass is 10.2. The summed E-state index contributed by atoms with van der Waals surface area (Å²) in [6.45, 7) is 0. The Hall–Kier alpha value is -2.42. The minimum absolute atomic E-state index is 0.803. The van der Waals surface area contributed by atoms with Crippen LogP contribution >= 0.6 is 0 Å². The summed E-state index contributed by atoms with van der Waals surface area (Å²) in [5.74, 6) is 1.63. The molecule has 3 nitrogen and oxygen atoms in total. The van der Waals surface area contributed by atoms with Gasteiger partial charge in [-0.2, -0.15) is 10.2 Å². The molecule has 3 aromatic rings. The lowest BCUT2D eigenvalue weighted by Gasteiger charge is -2.05. The first-order chi connectivity index (χ1) is 8.42. The van der Waals surface area contributed by atoms with Crippen molar-refractivity contribution >= 4 is 10.8 Å². The molecule has 0 aliphatic carbocycles. The van der Waals surface area contributed by atoms with E-state index in [0.29, 0.717) is 0 Å². The van der Waals surface area contributed by atoms with Gasteiger partial charge in [0.25, 0.3) is 0 Å². The molecule has 2 aromatic carbocycles. The van der Waals surface area contributed by atoms with Gasteiger partial charge in [-0.1, -0.05) is 18.2 Å². The third-order valence-corrected chi connectivity index (χ3v) is 2.50. The summed E-state index contributed by atoms with van der Waals surface area (Å²) < 4.78 is 5.74. The van der Waals surface area contributed by atoms with E-state index in [2.05, 4.69) is 10.2 Å². The average Bonchev–Trinajstić information content (AvgIpc) is 2.40. The minimum atomic E-state index is 0.803. The fourth-order valence-electron chi connectivity index (χ4n) is 1.66. The standard InChI is InChI=1S/C14H10N2O/c1-2-4-13(5-3-1)17-14-7-6-11-9-15-16-10-12(11)8-14/h1-10H. The van der Waals surface area contributed by atoms with E-state index in [1.165, 1.54) is 0 Å². The second-order valence-corrected chi connectivity index (χ2v) is 3.69. The highest BCUT2D eigenvalue weighted by Crippen LogP contribution is 2.24. The van der Waals surface area contributed by atoms with Crippen LogP contribution in [0.3, 0.4) is 0 Å². The van der Waals surface area contributed by atoms with Gasteiger partial charge in [0.1, 0.15) is 11.5 Å². The number of hydrogen-bond acceptors (Lipinski definition) is 3. The molecule has 82 valence electrons. The molecular weight excluding hydrogens is 212 g/mol. The van der Waals surface area contributed by atoms with Crippen LogP contribution in [-0.4, -0.2) is 10.2 Å². The van der Waals surface area contributed by atoms with Crippen LogP contribution in [0.15, 0.2) is 60.9 Å². The molecule has 3 heteroatoms.